The lowest BCUT2D eigenvalue weighted by Gasteiger charge is -2.21. The molecular formula is C27H27Cl2N5S. The van der Waals surface area contributed by atoms with Crippen LogP contribution in [0.25, 0.3) is 22.3 Å². The average Bonchev–Trinajstić information content (AvgIpc) is 3.22. The molecule has 0 radical (unpaired) electrons. The van der Waals surface area contributed by atoms with Crippen molar-refractivity contribution in [3.05, 3.63) is 69.8 Å². The zero-order valence-corrected chi connectivity index (χ0v) is 22.2. The summed E-state index contributed by atoms with van der Waals surface area (Å²) in [4.78, 5) is 7.26. The van der Waals surface area contributed by atoms with Crippen molar-refractivity contribution in [2.75, 3.05) is 25.4 Å². The molecule has 3 heterocycles. The van der Waals surface area contributed by atoms with Crippen LogP contribution < -0.4 is 0 Å². The molecule has 2 aromatic heterocycles. The summed E-state index contributed by atoms with van der Waals surface area (Å²) in [5.41, 5.74) is 4.70. The lowest BCUT2D eigenvalue weighted by molar-refractivity contribution is 0.299. The van der Waals surface area contributed by atoms with Crippen LogP contribution in [0, 0.1) is 12.8 Å². The smallest absolute Gasteiger partial charge is 0.191 e. The molecule has 1 saturated heterocycles. The lowest BCUT2D eigenvalue weighted by Crippen LogP contribution is -2.27. The van der Waals surface area contributed by atoms with Crippen LogP contribution in [-0.2, 0) is 12.5 Å². The largest absolute Gasteiger partial charge is 0.305 e. The molecule has 0 unspecified atom stereocenters. The number of pyridine rings is 1. The molecule has 1 saturated carbocycles. The molecule has 2 atom stereocenters. The number of aryl methyl sites for hydroxylation is 1. The summed E-state index contributed by atoms with van der Waals surface area (Å²) in [5, 5.41) is 12.4. The number of hydrogen-bond donors (Lipinski definition) is 0. The van der Waals surface area contributed by atoms with E-state index in [1.165, 1.54) is 18.5 Å². The van der Waals surface area contributed by atoms with Gasteiger partial charge < -0.3 is 9.47 Å². The van der Waals surface area contributed by atoms with Crippen LogP contribution in [0.4, 0.5) is 0 Å². The van der Waals surface area contributed by atoms with Crippen LogP contribution >= 0.6 is 35.0 Å². The van der Waals surface area contributed by atoms with E-state index in [0.717, 1.165) is 64.3 Å². The fourth-order valence-electron chi connectivity index (χ4n) is 5.59. The number of hydrogen-bond acceptors (Lipinski definition) is 5. The number of piperidine rings is 1. The Labute approximate surface area is 219 Å². The summed E-state index contributed by atoms with van der Waals surface area (Å²) in [6.45, 7) is 5.41. The van der Waals surface area contributed by atoms with Crippen molar-refractivity contribution in [2.45, 2.75) is 30.3 Å². The molecule has 180 valence electrons. The molecule has 6 rings (SSSR count). The molecule has 0 N–H and O–H groups in total. The molecule has 1 aliphatic carbocycles. The van der Waals surface area contributed by atoms with Gasteiger partial charge in [-0.15, -0.1) is 10.2 Å². The first-order valence-electron chi connectivity index (χ1n) is 12.0. The van der Waals surface area contributed by atoms with Gasteiger partial charge in [0.2, 0.25) is 0 Å². The second-order valence-corrected chi connectivity index (χ2v) is 11.7. The van der Waals surface area contributed by atoms with Crippen LogP contribution in [0.15, 0.2) is 53.7 Å². The first kappa shape index (κ1) is 23.3. The molecule has 0 spiro atoms. The van der Waals surface area contributed by atoms with Crippen molar-refractivity contribution in [1.29, 1.82) is 0 Å². The van der Waals surface area contributed by atoms with Gasteiger partial charge in [0.05, 0.1) is 15.6 Å². The fraction of sp³-hybridized carbons (Fsp3) is 0.370. The maximum atomic E-state index is 6.29. The zero-order valence-electron chi connectivity index (χ0n) is 19.8. The van der Waals surface area contributed by atoms with Gasteiger partial charge >= 0.3 is 0 Å². The summed E-state index contributed by atoms with van der Waals surface area (Å²) < 4.78 is 2.10. The Hall–Kier alpha value is -2.12. The minimum absolute atomic E-state index is 0.283. The normalized spacial score (nSPS) is 21.5. The molecule has 0 bridgehead atoms. The predicted octanol–water partition coefficient (Wildman–Crippen LogP) is 6.40. The molecular weight excluding hydrogens is 497 g/mol. The van der Waals surface area contributed by atoms with Gasteiger partial charge in [0.25, 0.3) is 0 Å². The van der Waals surface area contributed by atoms with Gasteiger partial charge in [0.1, 0.15) is 0 Å². The maximum Gasteiger partial charge on any atom is 0.191 e. The summed E-state index contributed by atoms with van der Waals surface area (Å²) in [5.74, 6) is 2.64. The number of likely N-dealkylation sites (tertiary alicyclic amines) is 1. The van der Waals surface area contributed by atoms with Crippen molar-refractivity contribution in [2.24, 2.45) is 13.0 Å². The molecule has 1 aliphatic heterocycles. The second-order valence-electron chi connectivity index (χ2n) is 9.81. The number of thioether (sulfide) groups is 1. The average molecular weight is 525 g/mol. The molecule has 5 nitrogen and oxygen atoms in total. The number of aromatic nitrogens is 4. The van der Waals surface area contributed by atoms with E-state index in [9.17, 15) is 0 Å². The summed E-state index contributed by atoms with van der Waals surface area (Å²) >= 11 is 14.2. The Morgan fingerprint density at radius 2 is 1.97 bits per heavy atom. The molecule has 8 heteroatoms. The van der Waals surface area contributed by atoms with Crippen molar-refractivity contribution in [3.63, 3.8) is 0 Å². The SMILES string of the molecule is Cc1ccc2c(-c3nnc(SCCCN4C[C@@H]5C[C@]5(c5ccc(Cl)c(Cl)c5)C4)n3C)cccc2n1. The number of rotatable bonds is 7. The lowest BCUT2D eigenvalue weighted by atomic mass is 9.95. The minimum Gasteiger partial charge on any atom is -0.305 e. The molecule has 2 fully saturated rings. The zero-order chi connectivity index (χ0) is 24.2. The monoisotopic (exact) mass is 523 g/mol. The molecule has 2 aliphatic rings. The van der Waals surface area contributed by atoms with Gasteiger partial charge in [0, 0.05) is 47.9 Å². The summed E-state index contributed by atoms with van der Waals surface area (Å²) in [6, 6.07) is 16.5. The number of benzene rings is 2. The first-order chi connectivity index (χ1) is 16.9. The topological polar surface area (TPSA) is 46.8 Å². The van der Waals surface area contributed by atoms with Crippen molar-refractivity contribution in [3.8, 4) is 11.4 Å². The third kappa shape index (κ3) is 4.25. The number of nitrogens with zero attached hydrogens (tertiary/aromatic N) is 5. The van der Waals surface area contributed by atoms with Crippen molar-refractivity contribution in [1.82, 2.24) is 24.6 Å². The van der Waals surface area contributed by atoms with Crippen LogP contribution in [0.2, 0.25) is 10.0 Å². The van der Waals surface area contributed by atoms with Crippen LogP contribution in [-0.4, -0.2) is 50.0 Å². The molecule has 4 aromatic rings. The fourth-order valence-corrected chi connectivity index (χ4v) is 6.72. The van der Waals surface area contributed by atoms with Crippen LogP contribution in [0.1, 0.15) is 24.1 Å². The highest BCUT2D eigenvalue weighted by atomic mass is 35.5. The number of halogens is 2. The summed E-state index contributed by atoms with van der Waals surface area (Å²) in [6.07, 6.45) is 2.38. The number of fused-ring (bicyclic) bond motifs is 2. The van der Waals surface area contributed by atoms with E-state index in [1.807, 2.05) is 38.2 Å². The van der Waals surface area contributed by atoms with Gasteiger partial charge in [-0.2, -0.15) is 0 Å². The quantitative estimate of drug-likeness (QED) is 0.207. The van der Waals surface area contributed by atoms with Crippen LogP contribution in [0.5, 0.6) is 0 Å². The Morgan fingerprint density at radius 3 is 2.83 bits per heavy atom. The Kier molecular flexibility index (Phi) is 6.04. The third-order valence-electron chi connectivity index (χ3n) is 7.51. The minimum atomic E-state index is 0.283. The maximum absolute atomic E-state index is 6.29. The molecule has 0 amide bonds. The Morgan fingerprint density at radius 1 is 1.09 bits per heavy atom. The third-order valence-corrected chi connectivity index (χ3v) is 9.35. The van der Waals surface area contributed by atoms with E-state index in [4.69, 9.17) is 23.2 Å². The standard InChI is InChI=1S/C27H27Cl2N5S/c1-17-7-9-20-21(5-3-6-24(20)30-17)25-31-32-26(33(25)2)35-12-4-11-34-15-19-14-27(19,16-34)18-8-10-22(28)23(29)13-18/h3,5-10,13,19H,4,11-12,14-16H2,1-2H3/t19-,27+/m0/s1. The highest BCUT2D eigenvalue weighted by molar-refractivity contribution is 7.99. The second kappa shape index (κ2) is 9.07. The molecule has 35 heavy (non-hydrogen) atoms. The summed E-state index contributed by atoms with van der Waals surface area (Å²) in [7, 11) is 2.05. The van der Waals surface area contributed by atoms with Crippen molar-refractivity contribution < 1.29 is 0 Å². The van der Waals surface area contributed by atoms with E-state index in [1.54, 1.807) is 11.8 Å². The Balaban J connectivity index is 1.07. The van der Waals surface area contributed by atoms with E-state index in [2.05, 4.69) is 48.9 Å². The highest BCUT2D eigenvalue weighted by Gasteiger charge is 2.60. The first-order valence-corrected chi connectivity index (χ1v) is 13.8. The van der Waals surface area contributed by atoms with E-state index in [0.29, 0.717) is 10.0 Å². The predicted molar refractivity (Wildman–Crippen MR) is 145 cm³/mol. The van der Waals surface area contributed by atoms with E-state index >= 15 is 0 Å². The van der Waals surface area contributed by atoms with Gasteiger partial charge in [-0.25, -0.2) is 0 Å². The van der Waals surface area contributed by atoms with E-state index < -0.39 is 0 Å². The highest BCUT2D eigenvalue weighted by Crippen LogP contribution is 2.59. The van der Waals surface area contributed by atoms with Gasteiger partial charge in [-0.3, -0.25) is 4.98 Å². The molecule has 2 aromatic carbocycles. The van der Waals surface area contributed by atoms with Crippen molar-refractivity contribution >= 4 is 45.9 Å². The van der Waals surface area contributed by atoms with Crippen LogP contribution in [0.3, 0.4) is 0 Å². The van der Waals surface area contributed by atoms with E-state index in [-0.39, 0.29) is 5.41 Å². The van der Waals surface area contributed by atoms with Gasteiger partial charge in [0.15, 0.2) is 11.0 Å². The van der Waals surface area contributed by atoms with Gasteiger partial charge in [-0.1, -0.05) is 59.2 Å². The Bertz CT molecular complexity index is 1420. The van der Waals surface area contributed by atoms with Gasteiger partial charge in [-0.05, 0) is 62.1 Å².